The second-order valence-electron chi connectivity index (χ2n) is 10.9. The lowest BCUT2D eigenvalue weighted by molar-refractivity contribution is -0.231. The van der Waals surface area contributed by atoms with Crippen LogP contribution in [0.5, 0.6) is 0 Å². The molecule has 0 unspecified atom stereocenters. The molecule has 0 aromatic heterocycles. The molecule has 26 heavy (non-hydrogen) atoms. The number of hydrogen-bond acceptors (Lipinski definition) is 3. The van der Waals surface area contributed by atoms with Crippen molar-refractivity contribution in [2.24, 2.45) is 40.4 Å². The van der Waals surface area contributed by atoms with Crippen molar-refractivity contribution in [1.29, 1.82) is 0 Å². The van der Waals surface area contributed by atoms with Crippen LogP contribution in [0.1, 0.15) is 78.6 Å². The van der Waals surface area contributed by atoms with Gasteiger partial charge in [0.25, 0.3) is 0 Å². The fourth-order valence-electron chi connectivity index (χ4n) is 9.01. The molecule has 0 bridgehead atoms. The highest BCUT2D eigenvalue weighted by Gasteiger charge is 2.65. The van der Waals surface area contributed by atoms with Crippen molar-refractivity contribution >= 4 is 0 Å². The van der Waals surface area contributed by atoms with E-state index >= 15 is 0 Å². The van der Waals surface area contributed by atoms with E-state index in [1.54, 1.807) is 0 Å². The molecule has 1 aliphatic heterocycles. The van der Waals surface area contributed by atoms with Gasteiger partial charge in [-0.15, -0.1) is 0 Å². The van der Waals surface area contributed by atoms with Gasteiger partial charge in [-0.05, 0) is 86.4 Å². The van der Waals surface area contributed by atoms with Crippen LogP contribution in [-0.4, -0.2) is 30.2 Å². The summed E-state index contributed by atoms with van der Waals surface area (Å²) in [6.07, 6.45) is 11.6. The number of hydrogen-bond donors (Lipinski definition) is 1. The van der Waals surface area contributed by atoms with Crippen LogP contribution >= 0.6 is 0 Å². The summed E-state index contributed by atoms with van der Waals surface area (Å²) in [5.41, 5.74) is 0.543. The highest BCUT2D eigenvalue weighted by Crippen LogP contribution is 2.69. The third kappa shape index (κ3) is 2.29. The van der Waals surface area contributed by atoms with E-state index in [0.717, 1.165) is 31.5 Å². The van der Waals surface area contributed by atoms with Gasteiger partial charge >= 0.3 is 0 Å². The quantitative estimate of drug-likeness (QED) is 0.730. The average Bonchev–Trinajstić information content (AvgIpc) is 3.17. The molecule has 0 aromatic rings. The van der Waals surface area contributed by atoms with Crippen molar-refractivity contribution < 1.29 is 14.6 Å². The van der Waals surface area contributed by atoms with Crippen molar-refractivity contribution in [2.45, 2.75) is 90.4 Å². The molecular formula is C23H38O3. The lowest BCUT2D eigenvalue weighted by atomic mass is 9.44. The minimum Gasteiger partial charge on any atom is -0.393 e. The second-order valence-corrected chi connectivity index (χ2v) is 10.9. The Bertz CT molecular complexity index is 556. The Morgan fingerprint density at radius 3 is 2.38 bits per heavy atom. The maximum absolute atomic E-state index is 11.5. The lowest BCUT2D eigenvalue weighted by Crippen LogP contribution is -2.59. The maximum atomic E-state index is 11.5. The smallest absolute Gasteiger partial charge is 0.169 e. The molecule has 148 valence electrons. The minimum atomic E-state index is -0.429. The molecule has 0 radical (unpaired) electrons. The van der Waals surface area contributed by atoms with E-state index < -0.39 is 5.79 Å². The molecule has 5 fully saturated rings. The summed E-state index contributed by atoms with van der Waals surface area (Å²) < 4.78 is 12.2. The maximum Gasteiger partial charge on any atom is 0.169 e. The molecule has 5 rings (SSSR count). The summed E-state index contributed by atoms with van der Waals surface area (Å²) >= 11 is 0. The van der Waals surface area contributed by atoms with Crippen LogP contribution in [0.25, 0.3) is 0 Å². The van der Waals surface area contributed by atoms with E-state index in [1.807, 2.05) is 0 Å². The van der Waals surface area contributed by atoms with Crippen LogP contribution in [0.15, 0.2) is 0 Å². The predicted octanol–water partition coefficient (Wildman–Crippen LogP) is 4.77. The Morgan fingerprint density at radius 1 is 0.846 bits per heavy atom. The van der Waals surface area contributed by atoms with Crippen molar-refractivity contribution in [3.05, 3.63) is 0 Å². The highest BCUT2D eigenvalue weighted by molar-refractivity contribution is 5.13. The van der Waals surface area contributed by atoms with Crippen LogP contribution in [0.2, 0.25) is 0 Å². The number of aliphatic hydroxyl groups excluding tert-OH is 1. The Hall–Kier alpha value is -0.120. The zero-order valence-electron chi connectivity index (χ0n) is 17.0. The summed E-state index contributed by atoms with van der Waals surface area (Å²) in [4.78, 5) is 0. The number of fused-ring (bicyclic) bond motifs is 5. The Morgan fingerprint density at radius 2 is 1.62 bits per heavy atom. The predicted molar refractivity (Wildman–Crippen MR) is 102 cm³/mol. The minimum absolute atomic E-state index is 0.141. The molecule has 1 N–H and O–H groups in total. The molecule has 3 heteroatoms. The topological polar surface area (TPSA) is 38.7 Å². The Balaban J connectivity index is 1.47. The standard InChI is InChI=1S/C23H38O3/c1-21-11-5-4-6-15(21)7-8-16-17-9-10-19(23(3)25-12-13-26-23)22(17,2)14-18(24)20(16)21/h15-20,24H,4-14H2,1-3H3/t15-,16+,17+,18-,19+,20-,21+,22+/m1/s1. The average molecular weight is 363 g/mol. The van der Waals surface area contributed by atoms with Crippen LogP contribution in [0.4, 0.5) is 0 Å². The summed E-state index contributed by atoms with van der Waals surface area (Å²) in [5.74, 6) is 2.82. The van der Waals surface area contributed by atoms with E-state index in [9.17, 15) is 5.11 Å². The number of rotatable bonds is 1. The van der Waals surface area contributed by atoms with Gasteiger partial charge in [0.05, 0.1) is 19.3 Å². The van der Waals surface area contributed by atoms with Crippen molar-refractivity contribution in [3.8, 4) is 0 Å². The largest absolute Gasteiger partial charge is 0.393 e. The van der Waals surface area contributed by atoms with E-state index in [1.165, 1.54) is 51.4 Å². The summed E-state index contributed by atoms with van der Waals surface area (Å²) in [6, 6.07) is 0. The second kappa shape index (κ2) is 5.94. The molecular weight excluding hydrogens is 324 g/mol. The Kier molecular flexibility index (Phi) is 4.10. The van der Waals surface area contributed by atoms with Gasteiger partial charge < -0.3 is 14.6 Å². The summed E-state index contributed by atoms with van der Waals surface area (Å²) in [7, 11) is 0. The first-order valence-electron chi connectivity index (χ1n) is 11.3. The zero-order valence-corrected chi connectivity index (χ0v) is 17.0. The van der Waals surface area contributed by atoms with Gasteiger partial charge in [0.2, 0.25) is 0 Å². The van der Waals surface area contributed by atoms with Gasteiger partial charge in [-0.3, -0.25) is 0 Å². The molecule has 3 nitrogen and oxygen atoms in total. The van der Waals surface area contributed by atoms with Crippen molar-refractivity contribution in [2.75, 3.05) is 13.2 Å². The number of ether oxygens (including phenoxy) is 2. The molecule has 5 aliphatic rings. The SMILES string of the molecule is CC1([C@H]2CC[C@H]3[C@@H]4CC[C@H]5CCCC[C@]5(C)[C@H]4[C@H](O)C[C@]23C)OCCO1. The van der Waals surface area contributed by atoms with Gasteiger partial charge in [0.15, 0.2) is 5.79 Å². The number of aliphatic hydroxyl groups is 1. The molecule has 1 saturated heterocycles. The van der Waals surface area contributed by atoms with Crippen LogP contribution < -0.4 is 0 Å². The molecule has 4 aliphatic carbocycles. The van der Waals surface area contributed by atoms with Gasteiger partial charge in [-0.1, -0.05) is 26.7 Å². The highest BCUT2D eigenvalue weighted by atomic mass is 16.7. The fraction of sp³-hybridized carbons (Fsp3) is 1.00. The van der Waals surface area contributed by atoms with E-state index in [-0.39, 0.29) is 11.5 Å². The first-order chi connectivity index (χ1) is 12.4. The first kappa shape index (κ1) is 17.9. The normalized spacial score (nSPS) is 55.8. The zero-order chi connectivity index (χ0) is 18.2. The van der Waals surface area contributed by atoms with Crippen LogP contribution in [-0.2, 0) is 9.47 Å². The third-order valence-electron chi connectivity index (χ3n) is 10.0. The molecule has 1 heterocycles. The van der Waals surface area contributed by atoms with E-state index in [2.05, 4.69) is 20.8 Å². The third-order valence-corrected chi connectivity index (χ3v) is 10.0. The summed E-state index contributed by atoms with van der Waals surface area (Å²) in [6.45, 7) is 8.61. The molecule has 0 spiro atoms. The van der Waals surface area contributed by atoms with E-state index in [0.29, 0.717) is 23.2 Å². The van der Waals surface area contributed by atoms with Gasteiger partial charge in [0, 0.05) is 5.92 Å². The van der Waals surface area contributed by atoms with Gasteiger partial charge in [-0.2, -0.15) is 0 Å². The summed E-state index contributed by atoms with van der Waals surface area (Å²) in [5, 5.41) is 11.5. The van der Waals surface area contributed by atoms with E-state index in [4.69, 9.17) is 9.47 Å². The lowest BCUT2D eigenvalue weighted by Gasteiger charge is -2.62. The van der Waals surface area contributed by atoms with Crippen LogP contribution in [0, 0.1) is 40.4 Å². The van der Waals surface area contributed by atoms with Crippen molar-refractivity contribution in [1.82, 2.24) is 0 Å². The van der Waals surface area contributed by atoms with Crippen molar-refractivity contribution in [3.63, 3.8) is 0 Å². The molecule has 0 aromatic carbocycles. The molecule has 8 atom stereocenters. The first-order valence-corrected chi connectivity index (χ1v) is 11.3. The fourth-order valence-corrected chi connectivity index (χ4v) is 9.01. The molecule has 0 amide bonds. The Labute approximate surface area is 159 Å². The monoisotopic (exact) mass is 362 g/mol. The van der Waals surface area contributed by atoms with Gasteiger partial charge in [0.1, 0.15) is 0 Å². The van der Waals surface area contributed by atoms with Crippen LogP contribution in [0.3, 0.4) is 0 Å². The molecule has 4 saturated carbocycles. The van der Waals surface area contributed by atoms with Gasteiger partial charge in [-0.25, -0.2) is 0 Å².